The van der Waals surface area contributed by atoms with Crippen LogP contribution in [-0.4, -0.2) is 11.5 Å². The number of halogens is 2. The highest BCUT2D eigenvalue weighted by Crippen LogP contribution is 2.43. The summed E-state index contributed by atoms with van der Waals surface area (Å²) >= 11 is 9.32. The second kappa shape index (κ2) is 4.92. The van der Waals surface area contributed by atoms with Gasteiger partial charge in [-0.3, -0.25) is 0 Å². The molecular weight excluding hydrogens is 288 g/mol. The lowest BCUT2D eigenvalue weighted by Crippen LogP contribution is -2.36. The van der Waals surface area contributed by atoms with Crippen LogP contribution >= 0.6 is 27.5 Å². The average Bonchev–Trinajstić information content (AvgIpc) is 2.19. The van der Waals surface area contributed by atoms with E-state index in [0.717, 1.165) is 16.8 Å². The zero-order valence-electron chi connectivity index (χ0n) is 9.39. The predicted molar refractivity (Wildman–Crippen MR) is 72.0 cm³/mol. The summed E-state index contributed by atoms with van der Waals surface area (Å²) in [5.74, 6) is 0.893. The topological polar surface area (TPSA) is 24.9 Å². The van der Waals surface area contributed by atoms with Crippen molar-refractivity contribution < 1.29 is 0 Å². The predicted octanol–water partition coefficient (Wildman–Crippen LogP) is 4.49. The molecule has 1 saturated carbocycles. The van der Waals surface area contributed by atoms with Crippen LogP contribution < -0.4 is 5.32 Å². The van der Waals surface area contributed by atoms with E-state index in [1.165, 1.54) is 25.7 Å². The van der Waals surface area contributed by atoms with E-state index in [1.807, 2.05) is 6.07 Å². The molecule has 0 aliphatic heterocycles. The van der Waals surface area contributed by atoms with Crippen LogP contribution in [0.4, 0.5) is 5.82 Å². The van der Waals surface area contributed by atoms with E-state index < -0.39 is 0 Å². The van der Waals surface area contributed by atoms with Crippen LogP contribution in [0.3, 0.4) is 0 Å². The minimum atomic E-state index is 0.501. The van der Waals surface area contributed by atoms with Crippen LogP contribution in [0.15, 0.2) is 16.7 Å². The van der Waals surface area contributed by atoms with Crippen molar-refractivity contribution in [1.29, 1.82) is 0 Å². The molecule has 0 bridgehead atoms. The van der Waals surface area contributed by atoms with Gasteiger partial charge in [-0.05, 0) is 46.7 Å². The van der Waals surface area contributed by atoms with E-state index in [1.54, 1.807) is 6.20 Å². The maximum Gasteiger partial charge on any atom is 0.140 e. The number of aromatic nitrogens is 1. The highest BCUT2D eigenvalue weighted by molar-refractivity contribution is 9.10. The van der Waals surface area contributed by atoms with Gasteiger partial charge in [-0.15, -0.1) is 0 Å². The summed E-state index contributed by atoms with van der Waals surface area (Å²) in [6.07, 6.45) is 6.95. The quantitative estimate of drug-likeness (QED) is 0.886. The van der Waals surface area contributed by atoms with Gasteiger partial charge in [0, 0.05) is 12.7 Å². The van der Waals surface area contributed by atoms with Crippen molar-refractivity contribution >= 4 is 33.3 Å². The number of pyridine rings is 1. The van der Waals surface area contributed by atoms with E-state index in [0.29, 0.717) is 10.4 Å². The number of hydrogen-bond donors (Lipinski definition) is 1. The lowest BCUT2D eigenvalue weighted by Gasteiger charge is -2.41. The van der Waals surface area contributed by atoms with Gasteiger partial charge in [0.2, 0.25) is 0 Å². The maximum atomic E-state index is 5.85. The Balaban J connectivity index is 1.99. The number of hydrogen-bond acceptors (Lipinski definition) is 2. The first kappa shape index (κ1) is 12.2. The standard InChI is InChI=1S/C12H16BrClN2/c1-2-12(4-3-5-12)8-16-11-10(13)6-9(14)7-15-11/h6-7H,2-5,8H2,1H3,(H,15,16). The van der Waals surface area contributed by atoms with E-state index in [2.05, 4.69) is 33.2 Å². The Hall–Kier alpha value is -0.280. The molecule has 0 spiro atoms. The summed E-state index contributed by atoms with van der Waals surface area (Å²) in [5.41, 5.74) is 0.501. The van der Waals surface area contributed by atoms with Crippen LogP contribution in [0.1, 0.15) is 32.6 Å². The second-order valence-corrected chi connectivity index (χ2v) is 5.84. The molecule has 2 nitrogen and oxygen atoms in total. The van der Waals surface area contributed by atoms with Gasteiger partial charge in [0.15, 0.2) is 0 Å². The number of anilines is 1. The highest BCUT2D eigenvalue weighted by Gasteiger charge is 2.34. The molecule has 1 aliphatic rings. The Morgan fingerprint density at radius 3 is 2.81 bits per heavy atom. The van der Waals surface area contributed by atoms with Gasteiger partial charge in [0.05, 0.1) is 9.50 Å². The van der Waals surface area contributed by atoms with E-state index in [9.17, 15) is 0 Å². The fourth-order valence-corrected chi connectivity index (χ4v) is 2.93. The van der Waals surface area contributed by atoms with Gasteiger partial charge in [-0.25, -0.2) is 4.98 Å². The normalized spacial score (nSPS) is 17.9. The zero-order chi connectivity index (χ0) is 11.6. The highest BCUT2D eigenvalue weighted by atomic mass is 79.9. The molecule has 1 aliphatic carbocycles. The molecule has 0 radical (unpaired) electrons. The summed E-state index contributed by atoms with van der Waals surface area (Å²) in [4.78, 5) is 4.28. The Bertz CT molecular complexity index is 372. The molecule has 1 N–H and O–H groups in total. The molecule has 1 aromatic rings. The molecule has 0 unspecified atom stereocenters. The summed E-state index contributed by atoms with van der Waals surface area (Å²) in [6, 6.07) is 1.87. The van der Waals surface area contributed by atoms with Crippen molar-refractivity contribution in [1.82, 2.24) is 4.98 Å². The third-order valence-corrected chi connectivity index (χ3v) is 4.41. The second-order valence-electron chi connectivity index (χ2n) is 4.54. The van der Waals surface area contributed by atoms with Crippen LogP contribution in [0.5, 0.6) is 0 Å². The third-order valence-electron chi connectivity index (χ3n) is 3.60. The first-order chi connectivity index (χ1) is 7.65. The Kier molecular flexibility index (Phi) is 3.75. The zero-order valence-corrected chi connectivity index (χ0v) is 11.7. The molecule has 0 aromatic carbocycles. The monoisotopic (exact) mass is 302 g/mol. The van der Waals surface area contributed by atoms with Gasteiger partial charge in [0.1, 0.15) is 5.82 Å². The van der Waals surface area contributed by atoms with Crippen LogP contribution in [0.2, 0.25) is 5.02 Å². The first-order valence-corrected chi connectivity index (χ1v) is 6.87. The third kappa shape index (κ3) is 2.51. The SMILES string of the molecule is CCC1(CNc2ncc(Cl)cc2Br)CCC1. The summed E-state index contributed by atoms with van der Waals surface area (Å²) in [7, 11) is 0. The molecule has 1 heterocycles. The number of rotatable bonds is 4. The average molecular weight is 304 g/mol. The Labute approximate surface area is 110 Å². The molecule has 1 fully saturated rings. The van der Waals surface area contributed by atoms with Gasteiger partial charge in [-0.2, -0.15) is 0 Å². The van der Waals surface area contributed by atoms with Crippen LogP contribution in [0, 0.1) is 5.41 Å². The van der Waals surface area contributed by atoms with E-state index in [-0.39, 0.29) is 0 Å². The summed E-state index contributed by atoms with van der Waals surface area (Å²) < 4.78 is 0.936. The van der Waals surface area contributed by atoms with Gasteiger partial charge in [-0.1, -0.05) is 24.9 Å². The minimum absolute atomic E-state index is 0.501. The molecule has 4 heteroatoms. The van der Waals surface area contributed by atoms with Crippen LogP contribution in [0.25, 0.3) is 0 Å². The molecule has 0 atom stereocenters. The summed E-state index contributed by atoms with van der Waals surface area (Å²) in [6.45, 7) is 3.28. The molecule has 2 rings (SSSR count). The Morgan fingerprint density at radius 2 is 2.31 bits per heavy atom. The maximum absolute atomic E-state index is 5.85. The van der Waals surface area contributed by atoms with Gasteiger partial charge >= 0.3 is 0 Å². The first-order valence-electron chi connectivity index (χ1n) is 5.70. The van der Waals surface area contributed by atoms with Crippen LogP contribution in [-0.2, 0) is 0 Å². The fraction of sp³-hybridized carbons (Fsp3) is 0.583. The minimum Gasteiger partial charge on any atom is -0.369 e. The van der Waals surface area contributed by atoms with Crippen molar-refractivity contribution in [3.63, 3.8) is 0 Å². The molecule has 88 valence electrons. The van der Waals surface area contributed by atoms with Gasteiger partial charge < -0.3 is 5.32 Å². The van der Waals surface area contributed by atoms with Crippen molar-refractivity contribution in [3.05, 3.63) is 21.8 Å². The molecule has 1 aromatic heterocycles. The summed E-state index contributed by atoms with van der Waals surface area (Å²) in [5, 5.41) is 4.08. The van der Waals surface area contributed by atoms with Crippen molar-refractivity contribution in [3.8, 4) is 0 Å². The lowest BCUT2D eigenvalue weighted by atomic mass is 9.67. The smallest absolute Gasteiger partial charge is 0.140 e. The van der Waals surface area contributed by atoms with E-state index >= 15 is 0 Å². The molecule has 16 heavy (non-hydrogen) atoms. The molecule has 0 saturated heterocycles. The number of nitrogens with one attached hydrogen (secondary N) is 1. The number of nitrogens with zero attached hydrogens (tertiary/aromatic N) is 1. The lowest BCUT2D eigenvalue weighted by molar-refractivity contribution is 0.145. The molecular formula is C12H16BrClN2. The van der Waals surface area contributed by atoms with Crippen molar-refractivity contribution in [2.75, 3.05) is 11.9 Å². The Morgan fingerprint density at radius 1 is 1.56 bits per heavy atom. The van der Waals surface area contributed by atoms with Crippen molar-refractivity contribution in [2.45, 2.75) is 32.6 Å². The fourth-order valence-electron chi connectivity index (χ4n) is 2.15. The van der Waals surface area contributed by atoms with Crippen molar-refractivity contribution in [2.24, 2.45) is 5.41 Å². The molecule has 0 amide bonds. The van der Waals surface area contributed by atoms with Gasteiger partial charge in [0.25, 0.3) is 0 Å². The largest absolute Gasteiger partial charge is 0.369 e. The van der Waals surface area contributed by atoms with E-state index in [4.69, 9.17) is 11.6 Å².